The monoisotopic (exact) mass is 214 g/mol. The number of amides is 1. The first kappa shape index (κ1) is 12.5. The Balaban J connectivity index is 2.17. The maximum atomic E-state index is 11.0. The molecule has 1 aliphatic heterocycles. The molecule has 1 fully saturated rings. The lowest BCUT2D eigenvalue weighted by Crippen LogP contribution is -2.38. The van der Waals surface area contributed by atoms with Crippen molar-refractivity contribution in [1.82, 2.24) is 10.2 Å². The summed E-state index contributed by atoms with van der Waals surface area (Å²) in [5.74, 6) is 0.550. The molecule has 1 aliphatic rings. The summed E-state index contributed by atoms with van der Waals surface area (Å²) < 4.78 is 0. The second-order valence-corrected chi connectivity index (χ2v) is 4.34. The predicted octanol–water partition coefficient (Wildman–Crippen LogP) is 0.215. The number of nitrogens with one attached hydrogen (secondary N) is 1. The van der Waals surface area contributed by atoms with Gasteiger partial charge in [0, 0.05) is 20.0 Å². The Bertz CT molecular complexity index is 199. The number of carbonyl (C=O) groups excluding carboxylic acids is 1. The number of likely N-dealkylation sites (tertiary alicyclic amines) is 1. The topological polar surface area (TPSA) is 52.6 Å². The smallest absolute Gasteiger partial charge is 0.221 e. The quantitative estimate of drug-likeness (QED) is 0.703. The molecule has 0 aliphatic carbocycles. The highest BCUT2D eigenvalue weighted by Gasteiger charge is 2.22. The van der Waals surface area contributed by atoms with Gasteiger partial charge in [0.05, 0.1) is 6.10 Å². The summed E-state index contributed by atoms with van der Waals surface area (Å²) in [6.07, 6.45) is 2.48. The first-order valence-electron chi connectivity index (χ1n) is 5.74. The normalized spacial score (nSPS) is 21.3. The molecule has 1 heterocycles. The van der Waals surface area contributed by atoms with Gasteiger partial charge in [0.2, 0.25) is 5.91 Å². The van der Waals surface area contributed by atoms with Crippen molar-refractivity contribution >= 4 is 5.91 Å². The average molecular weight is 214 g/mol. The second kappa shape index (κ2) is 6.08. The van der Waals surface area contributed by atoms with Crippen LogP contribution in [-0.2, 0) is 4.79 Å². The number of hydrogen-bond donors (Lipinski definition) is 2. The van der Waals surface area contributed by atoms with Crippen LogP contribution >= 0.6 is 0 Å². The summed E-state index contributed by atoms with van der Waals surface area (Å²) in [7, 11) is 1.67. The lowest BCUT2D eigenvalue weighted by molar-refractivity contribution is -0.121. The third-order valence-electron chi connectivity index (χ3n) is 3.25. The van der Waals surface area contributed by atoms with Crippen molar-refractivity contribution in [1.29, 1.82) is 0 Å². The van der Waals surface area contributed by atoms with Gasteiger partial charge in [-0.25, -0.2) is 0 Å². The van der Waals surface area contributed by atoms with Gasteiger partial charge in [-0.2, -0.15) is 0 Å². The van der Waals surface area contributed by atoms with Gasteiger partial charge in [-0.1, -0.05) is 0 Å². The summed E-state index contributed by atoms with van der Waals surface area (Å²) in [5, 5.41) is 12.1. The lowest BCUT2D eigenvalue weighted by Gasteiger charge is -2.33. The Morgan fingerprint density at radius 2 is 2.13 bits per heavy atom. The van der Waals surface area contributed by atoms with E-state index in [9.17, 15) is 9.90 Å². The fourth-order valence-electron chi connectivity index (χ4n) is 2.04. The van der Waals surface area contributed by atoms with Gasteiger partial charge < -0.3 is 15.3 Å². The molecular formula is C11H22N2O2. The van der Waals surface area contributed by atoms with Crippen LogP contribution in [0.3, 0.4) is 0 Å². The highest BCUT2D eigenvalue weighted by atomic mass is 16.3. The van der Waals surface area contributed by atoms with Gasteiger partial charge >= 0.3 is 0 Å². The third-order valence-corrected chi connectivity index (χ3v) is 3.25. The van der Waals surface area contributed by atoms with Crippen molar-refractivity contribution in [3.8, 4) is 0 Å². The van der Waals surface area contributed by atoms with E-state index in [0.717, 1.165) is 32.5 Å². The van der Waals surface area contributed by atoms with Crippen LogP contribution < -0.4 is 5.32 Å². The Morgan fingerprint density at radius 3 is 2.60 bits per heavy atom. The molecule has 1 saturated heterocycles. The van der Waals surface area contributed by atoms with Crippen molar-refractivity contribution in [3.63, 3.8) is 0 Å². The van der Waals surface area contributed by atoms with E-state index in [1.54, 1.807) is 7.05 Å². The number of carbonyl (C=O) groups is 1. The number of nitrogens with zero attached hydrogens (tertiary/aromatic N) is 1. The predicted molar refractivity (Wildman–Crippen MR) is 59.5 cm³/mol. The molecule has 0 radical (unpaired) electrons. The molecule has 0 aromatic carbocycles. The van der Waals surface area contributed by atoms with Gasteiger partial charge in [-0.15, -0.1) is 0 Å². The van der Waals surface area contributed by atoms with Crippen LogP contribution in [0.15, 0.2) is 0 Å². The van der Waals surface area contributed by atoms with Gasteiger partial charge in [0.25, 0.3) is 0 Å². The number of aliphatic hydroxyl groups excluding tert-OH is 1. The molecule has 0 aromatic rings. The van der Waals surface area contributed by atoms with Crippen LogP contribution in [0.2, 0.25) is 0 Å². The summed E-state index contributed by atoms with van der Waals surface area (Å²) in [4.78, 5) is 13.3. The SMILES string of the molecule is CNC(=O)CCN1CCC(C(C)O)CC1. The van der Waals surface area contributed by atoms with Crippen molar-refractivity contribution in [2.24, 2.45) is 5.92 Å². The van der Waals surface area contributed by atoms with Crippen molar-refractivity contribution in [3.05, 3.63) is 0 Å². The van der Waals surface area contributed by atoms with E-state index in [-0.39, 0.29) is 12.0 Å². The Kier molecular flexibility index (Phi) is 5.05. The van der Waals surface area contributed by atoms with E-state index in [1.165, 1.54) is 0 Å². The summed E-state index contributed by atoms with van der Waals surface area (Å²) in [6.45, 7) is 4.72. The van der Waals surface area contributed by atoms with Crippen LogP contribution in [0.4, 0.5) is 0 Å². The van der Waals surface area contributed by atoms with Crippen LogP contribution in [0, 0.1) is 5.92 Å². The van der Waals surface area contributed by atoms with E-state index < -0.39 is 0 Å². The molecule has 88 valence electrons. The number of aliphatic hydroxyl groups is 1. The Labute approximate surface area is 91.6 Å². The first-order chi connectivity index (χ1) is 7.13. The van der Waals surface area contributed by atoms with Crippen molar-refractivity contribution in [2.75, 3.05) is 26.7 Å². The average Bonchev–Trinajstić information content (AvgIpc) is 2.26. The highest BCUT2D eigenvalue weighted by Crippen LogP contribution is 2.20. The molecule has 0 bridgehead atoms. The first-order valence-corrected chi connectivity index (χ1v) is 5.74. The van der Waals surface area contributed by atoms with Crippen LogP contribution in [0.1, 0.15) is 26.2 Å². The molecule has 4 nitrogen and oxygen atoms in total. The maximum Gasteiger partial charge on any atom is 0.221 e. The number of hydrogen-bond acceptors (Lipinski definition) is 3. The zero-order valence-electron chi connectivity index (χ0n) is 9.70. The highest BCUT2D eigenvalue weighted by molar-refractivity contribution is 5.75. The zero-order chi connectivity index (χ0) is 11.3. The van der Waals surface area contributed by atoms with E-state index in [2.05, 4.69) is 10.2 Å². The van der Waals surface area contributed by atoms with Crippen LogP contribution in [0.25, 0.3) is 0 Å². The van der Waals surface area contributed by atoms with Crippen LogP contribution in [-0.4, -0.2) is 48.7 Å². The van der Waals surface area contributed by atoms with Gasteiger partial charge in [0.15, 0.2) is 0 Å². The molecule has 1 rings (SSSR count). The van der Waals surface area contributed by atoms with Gasteiger partial charge in [-0.05, 0) is 38.8 Å². The molecule has 0 aromatic heterocycles. The van der Waals surface area contributed by atoms with E-state index in [0.29, 0.717) is 12.3 Å². The third kappa shape index (κ3) is 4.18. The fraction of sp³-hybridized carbons (Fsp3) is 0.909. The molecule has 4 heteroatoms. The minimum Gasteiger partial charge on any atom is -0.393 e. The Hall–Kier alpha value is -0.610. The standard InChI is InChI=1S/C11H22N2O2/c1-9(14)10-3-6-13(7-4-10)8-5-11(15)12-2/h9-10,14H,3-8H2,1-2H3,(H,12,15). The molecule has 2 N–H and O–H groups in total. The van der Waals surface area contributed by atoms with E-state index in [4.69, 9.17) is 0 Å². The van der Waals surface area contributed by atoms with Gasteiger partial charge in [0.1, 0.15) is 0 Å². The van der Waals surface area contributed by atoms with Crippen LogP contribution in [0.5, 0.6) is 0 Å². The molecule has 0 spiro atoms. The number of piperidine rings is 1. The summed E-state index contributed by atoms with van der Waals surface area (Å²) in [6, 6.07) is 0. The van der Waals surface area contributed by atoms with Crippen molar-refractivity contribution < 1.29 is 9.90 Å². The minimum atomic E-state index is -0.189. The summed E-state index contributed by atoms with van der Waals surface area (Å²) >= 11 is 0. The molecule has 1 atom stereocenters. The maximum absolute atomic E-state index is 11.0. The minimum absolute atomic E-state index is 0.104. The molecule has 15 heavy (non-hydrogen) atoms. The molecule has 0 saturated carbocycles. The van der Waals surface area contributed by atoms with E-state index in [1.807, 2.05) is 6.92 Å². The fourth-order valence-corrected chi connectivity index (χ4v) is 2.04. The summed E-state index contributed by atoms with van der Waals surface area (Å²) in [5.41, 5.74) is 0. The zero-order valence-corrected chi connectivity index (χ0v) is 9.70. The molecule has 1 amide bonds. The molecular weight excluding hydrogens is 192 g/mol. The number of rotatable bonds is 4. The largest absolute Gasteiger partial charge is 0.393 e. The van der Waals surface area contributed by atoms with E-state index >= 15 is 0 Å². The van der Waals surface area contributed by atoms with Crippen molar-refractivity contribution in [2.45, 2.75) is 32.3 Å². The van der Waals surface area contributed by atoms with Gasteiger partial charge in [-0.3, -0.25) is 4.79 Å². The lowest BCUT2D eigenvalue weighted by atomic mass is 9.92. The molecule has 1 unspecified atom stereocenters. The Morgan fingerprint density at radius 1 is 1.53 bits per heavy atom. The second-order valence-electron chi connectivity index (χ2n) is 4.34.